The molecule has 124 valence electrons. The Balaban J connectivity index is 1.78. The number of carbonyl (C=O) groups is 2. The molecule has 0 aliphatic heterocycles. The SMILES string of the molecule is Cc1ccc(NC(=O)c2ccccc2)cc1C(=O)Nc1cccnc1. The molecular formula is C20H17N3O2. The lowest BCUT2D eigenvalue weighted by Gasteiger charge is -2.11. The second kappa shape index (κ2) is 7.40. The van der Waals surface area contributed by atoms with Crippen LogP contribution in [0.25, 0.3) is 0 Å². The molecule has 0 aliphatic rings. The van der Waals surface area contributed by atoms with Crippen molar-refractivity contribution in [2.45, 2.75) is 6.92 Å². The molecule has 0 aliphatic carbocycles. The summed E-state index contributed by atoms with van der Waals surface area (Å²) in [6.45, 7) is 1.85. The highest BCUT2D eigenvalue weighted by molar-refractivity contribution is 6.08. The van der Waals surface area contributed by atoms with E-state index in [9.17, 15) is 9.59 Å². The summed E-state index contributed by atoms with van der Waals surface area (Å²) in [6, 6.07) is 17.7. The second-order valence-corrected chi connectivity index (χ2v) is 5.55. The van der Waals surface area contributed by atoms with Crippen LogP contribution in [0.3, 0.4) is 0 Å². The quantitative estimate of drug-likeness (QED) is 0.762. The van der Waals surface area contributed by atoms with Gasteiger partial charge in [-0.05, 0) is 48.9 Å². The van der Waals surface area contributed by atoms with Crippen LogP contribution >= 0.6 is 0 Å². The van der Waals surface area contributed by atoms with E-state index in [4.69, 9.17) is 0 Å². The number of pyridine rings is 1. The molecule has 0 spiro atoms. The Bertz CT molecular complexity index is 893. The van der Waals surface area contributed by atoms with E-state index in [0.29, 0.717) is 22.5 Å². The molecule has 2 N–H and O–H groups in total. The van der Waals surface area contributed by atoms with Gasteiger partial charge in [-0.1, -0.05) is 24.3 Å². The van der Waals surface area contributed by atoms with Gasteiger partial charge >= 0.3 is 0 Å². The fraction of sp³-hybridized carbons (Fsp3) is 0.0500. The van der Waals surface area contributed by atoms with Crippen LogP contribution in [-0.2, 0) is 0 Å². The Morgan fingerprint density at radius 2 is 1.60 bits per heavy atom. The fourth-order valence-electron chi connectivity index (χ4n) is 2.37. The first-order valence-electron chi connectivity index (χ1n) is 7.82. The summed E-state index contributed by atoms with van der Waals surface area (Å²) < 4.78 is 0. The first kappa shape index (κ1) is 16.4. The number of hydrogen-bond acceptors (Lipinski definition) is 3. The predicted molar refractivity (Wildman–Crippen MR) is 97.8 cm³/mol. The number of benzene rings is 2. The molecule has 2 aromatic carbocycles. The number of rotatable bonds is 4. The highest BCUT2D eigenvalue weighted by Gasteiger charge is 2.12. The van der Waals surface area contributed by atoms with Crippen molar-refractivity contribution in [2.75, 3.05) is 10.6 Å². The molecular weight excluding hydrogens is 314 g/mol. The van der Waals surface area contributed by atoms with Crippen molar-refractivity contribution in [2.24, 2.45) is 0 Å². The van der Waals surface area contributed by atoms with Crippen LogP contribution in [0.5, 0.6) is 0 Å². The molecule has 25 heavy (non-hydrogen) atoms. The Morgan fingerprint density at radius 1 is 0.840 bits per heavy atom. The zero-order chi connectivity index (χ0) is 17.6. The van der Waals surface area contributed by atoms with Gasteiger partial charge in [0.1, 0.15) is 0 Å². The molecule has 1 heterocycles. The van der Waals surface area contributed by atoms with Gasteiger partial charge in [0, 0.05) is 23.0 Å². The molecule has 3 rings (SSSR count). The number of hydrogen-bond donors (Lipinski definition) is 2. The summed E-state index contributed by atoms with van der Waals surface area (Å²) in [5.74, 6) is -0.468. The third-order valence-corrected chi connectivity index (χ3v) is 3.70. The first-order valence-corrected chi connectivity index (χ1v) is 7.82. The smallest absolute Gasteiger partial charge is 0.256 e. The maximum atomic E-state index is 12.5. The molecule has 0 saturated carbocycles. The van der Waals surface area contributed by atoms with Crippen LogP contribution in [0.4, 0.5) is 11.4 Å². The molecule has 0 bridgehead atoms. The Morgan fingerprint density at radius 3 is 2.32 bits per heavy atom. The summed E-state index contributed by atoms with van der Waals surface area (Å²) in [4.78, 5) is 28.7. The number of carbonyl (C=O) groups excluding carboxylic acids is 2. The third kappa shape index (κ3) is 4.09. The van der Waals surface area contributed by atoms with Gasteiger partial charge < -0.3 is 10.6 Å². The van der Waals surface area contributed by atoms with E-state index >= 15 is 0 Å². The van der Waals surface area contributed by atoms with Crippen molar-refractivity contribution in [1.29, 1.82) is 0 Å². The maximum absolute atomic E-state index is 12.5. The number of anilines is 2. The van der Waals surface area contributed by atoms with Crippen molar-refractivity contribution >= 4 is 23.2 Å². The zero-order valence-corrected chi connectivity index (χ0v) is 13.7. The Labute approximate surface area is 145 Å². The Hall–Kier alpha value is -3.47. The highest BCUT2D eigenvalue weighted by Crippen LogP contribution is 2.18. The van der Waals surface area contributed by atoms with Gasteiger partial charge in [-0.25, -0.2) is 0 Å². The number of nitrogens with one attached hydrogen (secondary N) is 2. The summed E-state index contributed by atoms with van der Waals surface area (Å²) in [5, 5.41) is 5.61. The third-order valence-electron chi connectivity index (χ3n) is 3.70. The van der Waals surface area contributed by atoms with Crippen LogP contribution in [0.2, 0.25) is 0 Å². The Kier molecular flexibility index (Phi) is 4.85. The number of aromatic nitrogens is 1. The van der Waals surface area contributed by atoms with Crippen molar-refractivity contribution in [3.63, 3.8) is 0 Å². The topological polar surface area (TPSA) is 71.1 Å². The molecule has 2 amide bonds. The molecule has 0 atom stereocenters. The zero-order valence-electron chi connectivity index (χ0n) is 13.7. The minimum atomic E-state index is -0.249. The van der Waals surface area contributed by atoms with Crippen molar-refractivity contribution in [3.05, 3.63) is 89.7 Å². The summed E-state index contributed by atoms with van der Waals surface area (Å²) >= 11 is 0. The minimum Gasteiger partial charge on any atom is -0.322 e. The molecule has 1 aromatic heterocycles. The summed E-state index contributed by atoms with van der Waals surface area (Å²) in [7, 11) is 0. The van der Waals surface area contributed by atoms with Crippen LogP contribution in [-0.4, -0.2) is 16.8 Å². The molecule has 0 fully saturated rings. The average Bonchev–Trinajstić information content (AvgIpc) is 2.64. The van der Waals surface area contributed by atoms with E-state index in [-0.39, 0.29) is 11.8 Å². The van der Waals surface area contributed by atoms with Crippen LogP contribution in [0.1, 0.15) is 26.3 Å². The van der Waals surface area contributed by atoms with E-state index < -0.39 is 0 Å². The van der Waals surface area contributed by atoms with E-state index in [1.807, 2.05) is 13.0 Å². The van der Waals surface area contributed by atoms with E-state index in [1.165, 1.54) is 0 Å². The lowest BCUT2D eigenvalue weighted by atomic mass is 10.1. The lowest BCUT2D eigenvalue weighted by Crippen LogP contribution is -2.16. The minimum absolute atomic E-state index is 0.219. The van der Waals surface area contributed by atoms with E-state index in [0.717, 1.165) is 5.56 Å². The predicted octanol–water partition coefficient (Wildman–Crippen LogP) is 3.89. The molecule has 0 radical (unpaired) electrons. The summed E-state index contributed by atoms with van der Waals surface area (Å²) in [6.07, 6.45) is 3.22. The molecule has 0 saturated heterocycles. The highest BCUT2D eigenvalue weighted by atomic mass is 16.2. The van der Waals surface area contributed by atoms with Crippen molar-refractivity contribution < 1.29 is 9.59 Å². The molecule has 5 nitrogen and oxygen atoms in total. The van der Waals surface area contributed by atoms with E-state index in [2.05, 4.69) is 15.6 Å². The van der Waals surface area contributed by atoms with Crippen molar-refractivity contribution in [1.82, 2.24) is 4.98 Å². The van der Waals surface area contributed by atoms with Gasteiger partial charge in [-0.2, -0.15) is 0 Å². The van der Waals surface area contributed by atoms with Gasteiger partial charge in [-0.15, -0.1) is 0 Å². The fourth-order valence-corrected chi connectivity index (χ4v) is 2.37. The van der Waals surface area contributed by atoms with Gasteiger partial charge in [0.2, 0.25) is 0 Å². The molecule has 5 heteroatoms. The monoisotopic (exact) mass is 331 g/mol. The first-order chi connectivity index (χ1) is 12.1. The van der Waals surface area contributed by atoms with Crippen LogP contribution in [0.15, 0.2) is 73.1 Å². The number of nitrogens with zero attached hydrogens (tertiary/aromatic N) is 1. The standard InChI is InChI=1S/C20H17N3O2/c1-14-9-10-16(22-19(24)15-6-3-2-4-7-15)12-18(14)20(25)23-17-8-5-11-21-13-17/h2-13H,1H3,(H,22,24)(H,23,25). The normalized spacial score (nSPS) is 10.1. The maximum Gasteiger partial charge on any atom is 0.256 e. The van der Waals surface area contributed by atoms with Gasteiger partial charge in [-0.3, -0.25) is 14.6 Å². The number of aryl methyl sites for hydroxylation is 1. The van der Waals surface area contributed by atoms with E-state index in [1.54, 1.807) is 67.0 Å². The number of amides is 2. The van der Waals surface area contributed by atoms with Gasteiger partial charge in [0.15, 0.2) is 0 Å². The average molecular weight is 331 g/mol. The largest absolute Gasteiger partial charge is 0.322 e. The van der Waals surface area contributed by atoms with Crippen molar-refractivity contribution in [3.8, 4) is 0 Å². The molecule has 3 aromatic rings. The van der Waals surface area contributed by atoms with Gasteiger partial charge in [0.25, 0.3) is 11.8 Å². The molecule has 0 unspecified atom stereocenters. The van der Waals surface area contributed by atoms with Crippen LogP contribution < -0.4 is 10.6 Å². The summed E-state index contributed by atoms with van der Waals surface area (Å²) in [5.41, 5.74) is 3.06. The van der Waals surface area contributed by atoms with Crippen LogP contribution in [0, 0.1) is 6.92 Å². The second-order valence-electron chi connectivity index (χ2n) is 5.55. The lowest BCUT2D eigenvalue weighted by molar-refractivity contribution is 0.101. The van der Waals surface area contributed by atoms with Gasteiger partial charge in [0.05, 0.1) is 11.9 Å².